The summed E-state index contributed by atoms with van der Waals surface area (Å²) in [6, 6.07) is 19.2. The number of ether oxygens (including phenoxy) is 2. The van der Waals surface area contributed by atoms with Gasteiger partial charge in [0.05, 0.1) is 6.54 Å². The van der Waals surface area contributed by atoms with Gasteiger partial charge < -0.3 is 14.8 Å². The van der Waals surface area contributed by atoms with Crippen molar-refractivity contribution in [1.82, 2.24) is 9.78 Å². The lowest BCUT2D eigenvalue weighted by atomic mass is 9.97. The van der Waals surface area contributed by atoms with Gasteiger partial charge in [-0.25, -0.2) is 9.48 Å². The number of hydrogen-bond acceptors (Lipinski definition) is 6. The van der Waals surface area contributed by atoms with Crippen molar-refractivity contribution in [2.75, 3.05) is 11.9 Å². The maximum atomic E-state index is 12.7. The number of amides is 1. The highest BCUT2D eigenvalue weighted by Crippen LogP contribution is 2.26. The lowest BCUT2D eigenvalue weighted by Gasteiger charge is -2.18. The van der Waals surface area contributed by atoms with Crippen LogP contribution in [0.25, 0.3) is 0 Å². The summed E-state index contributed by atoms with van der Waals surface area (Å²) in [6.07, 6.45) is -0.129. The Balaban J connectivity index is 1.61. The van der Waals surface area contributed by atoms with E-state index < -0.39 is 18.0 Å². The topological polar surface area (TPSA) is 99.5 Å². The third-order valence-electron chi connectivity index (χ3n) is 5.41. The molecule has 0 radical (unpaired) electrons. The summed E-state index contributed by atoms with van der Waals surface area (Å²) in [6.45, 7) is 6.00. The summed E-state index contributed by atoms with van der Waals surface area (Å²) in [5.74, 6) is -0.310. The maximum absolute atomic E-state index is 12.7. The zero-order valence-corrected chi connectivity index (χ0v) is 19.6. The summed E-state index contributed by atoms with van der Waals surface area (Å²) in [7, 11) is 0. The van der Waals surface area contributed by atoms with Gasteiger partial charge in [-0.2, -0.15) is 5.10 Å². The molecule has 34 heavy (non-hydrogen) atoms. The van der Waals surface area contributed by atoms with Crippen LogP contribution in [0.1, 0.15) is 49.2 Å². The largest absolute Gasteiger partial charge is 0.492 e. The molecule has 1 amide bonds. The highest BCUT2D eigenvalue weighted by Gasteiger charge is 2.22. The first kappa shape index (κ1) is 24.7. The Hall–Kier alpha value is -3.94. The number of carbonyl (C=O) groups excluding carboxylic acids is 2. The van der Waals surface area contributed by atoms with Crippen LogP contribution in [0, 0.1) is 0 Å². The summed E-state index contributed by atoms with van der Waals surface area (Å²) < 4.78 is 12.0. The highest BCUT2D eigenvalue weighted by molar-refractivity contribution is 5.97. The molecular formula is C26H29N3O5. The summed E-state index contributed by atoms with van der Waals surface area (Å²) in [4.78, 5) is 37.4. The Labute approximate surface area is 198 Å². The van der Waals surface area contributed by atoms with Gasteiger partial charge in [0.2, 0.25) is 0 Å². The van der Waals surface area contributed by atoms with E-state index in [0.717, 1.165) is 16.7 Å². The first-order valence-corrected chi connectivity index (χ1v) is 11.3. The molecule has 178 valence electrons. The zero-order chi connectivity index (χ0) is 24.5. The van der Waals surface area contributed by atoms with Gasteiger partial charge in [-0.3, -0.25) is 9.59 Å². The van der Waals surface area contributed by atoms with Gasteiger partial charge in [0, 0.05) is 11.8 Å². The number of benzene rings is 2. The van der Waals surface area contributed by atoms with Crippen LogP contribution >= 0.6 is 0 Å². The molecule has 2 atom stereocenters. The number of para-hydroxylation sites is 2. The number of hydrogen-bond donors (Lipinski definition) is 1. The molecule has 0 spiro atoms. The molecule has 0 aliphatic rings. The van der Waals surface area contributed by atoms with E-state index >= 15 is 0 Å². The molecule has 0 fully saturated rings. The normalized spacial score (nSPS) is 12.4. The monoisotopic (exact) mass is 463 g/mol. The Morgan fingerprint density at radius 3 is 2.44 bits per heavy atom. The molecule has 0 bridgehead atoms. The quantitative estimate of drug-likeness (QED) is 0.456. The van der Waals surface area contributed by atoms with E-state index in [0.29, 0.717) is 11.4 Å². The van der Waals surface area contributed by atoms with Crippen molar-refractivity contribution in [3.05, 3.63) is 88.3 Å². The molecule has 8 heteroatoms. The van der Waals surface area contributed by atoms with Gasteiger partial charge in [-0.15, -0.1) is 0 Å². The fourth-order valence-corrected chi connectivity index (χ4v) is 3.25. The Morgan fingerprint density at radius 1 is 1.00 bits per heavy atom. The van der Waals surface area contributed by atoms with E-state index in [1.54, 1.807) is 12.1 Å². The van der Waals surface area contributed by atoms with Crippen molar-refractivity contribution in [1.29, 1.82) is 0 Å². The van der Waals surface area contributed by atoms with Gasteiger partial charge in [0.25, 0.3) is 11.5 Å². The standard InChI is InChI=1S/C26H29N3O5/c1-4-18(2)21-12-8-9-13-22(21)27-25(31)19(3)34-26(32)23-14-15-24(30)29(28-23)16-17-33-20-10-6-5-7-11-20/h5-15,18-19H,4,16-17H2,1-3H3,(H,27,31). The van der Waals surface area contributed by atoms with Gasteiger partial charge in [-0.1, -0.05) is 50.2 Å². The van der Waals surface area contributed by atoms with Crippen LogP contribution in [-0.2, 0) is 16.1 Å². The summed E-state index contributed by atoms with van der Waals surface area (Å²) >= 11 is 0. The van der Waals surface area contributed by atoms with Crippen molar-refractivity contribution in [3.8, 4) is 5.75 Å². The zero-order valence-electron chi connectivity index (χ0n) is 19.6. The number of nitrogens with zero attached hydrogens (tertiary/aromatic N) is 2. The first-order valence-electron chi connectivity index (χ1n) is 11.3. The van der Waals surface area contributed by atoms with Crippen LogP contribution in [0.15, 0.2) is 71.5 Å². The number of aromatic nitrogens is 2. The van der Waals surface area contributed by atoms with Gasteiger partial charge in [0.1, 0.15) is 12.4 Å². The fourth-order valence-electron chi connectivity index (χ4n) is 3.25. The molecule has 0 aliphatic carbocycles. The second-order valence-corrected chi connectivity index (χ2v) is 7.87. The minimum atomic E-state index is -1.05. The van der Waals surface area contributed by atoms with Crippen molar-refractivity contribution in [3.63, 3.8) is 0 Å². The van der Waals surface area contributed by atoms with Crippen LogP contribution in [-0.4, -0.2) is 34.4 Å². The van der Waals surface area contributed by atoms with E-state index in [1.165, 1.54) is 19.1 Å². The van der Waals surface area contributed by atoms with Crippen LogP contribution in [0.3, 0.4) is 0 Å². The van der Waals surface area contributed by atoms with Crippen molar-refractivity contribution < 1.29 is 19.1 Å². The minimum absolute atomic E-state index is 0.0704. The number of anilines is 1. The summed E-state index contributed by atoms with van der Waals surface area (Å²) in [5, 5.41) is 6.90. The molecular weight excluding hydrogens is 434 g/mol. The SMILES string of the molecule is CCC(C)c1ccccc1NC(=O)C(C)OC(=O)c1ccc(=O)n(CCOc2ccccc2)n1. The van der Waals surface area contributed by atoms with Gasteiger partial charge in [-0.05, 0) is 49.1 Å². The van der Waals surface area contributed by atoms with E-state index in [1.807, 2.05) is 42.5 Å². The molecule has 8 nitrogen and oxygen atoms in total. The number of carbonyl (C=O) groups is 2. The molecule has 3 aromatic rings. The predicted molar refractivity (Wildman–Crippen MR) is 129 cm³/mol. The van der Waals surface area contributed by atoms with Crippen LogP contribution in [0.2, 0.25) is 0 Å². The number of nitrogens with one attached hydrogen (secondary N) is 1. The second kappa shape index (κ2) is 11.8. The molecule has 1 aromatic heterocycles. The average Bonchev–Trinajstić information content (AvgIpc) is 2.85. The molecule has 1 N–H and O–H groups in total. The average molecular weight is 464 g/mol. The van der Waals surface area contributed by atoms with Crippen molar-refractivity contribution in [2.45, 2.75) is 45.8 Å². The van der Waals surface area contributed by atoms with E-state index in [9.17, 15) is 14.4 Å². The Bertz CT molecular complexity index is 1180. The van der Waals surface area contributed by atoms with Crippen molar-refractivity contribution >= 4 is 17.6 Å². The summed E-state index contributed by atoms with van der Waals surface area (Å²) in [5.41, 5.74) is 1.26. The lowest BCUT2D eigenvalue weighted by molar-refractivity contribution is -0.123. The van der Waals surface area contributed by atoms with Crippen molar-refractivity contribution in [2.24, 2.45) is 0 Å². The minimum Gasteiger partial charge on any atom is -0.492 e. The smallest absolute Gasteiger partial charge is 0.359 e. The number of esters is 1. The maximum Gasteiger partial charge on any atom is 0.359 e. The van der Waals surface area contributed by atoms with E-state index in [2.05, 4.69) is 24.3 Å². The molecule has 2 aromatic carbocycles. The van der Waals surface area contributed by atoms with Crippen LogP contribution in [0.4, 0.5) is 5.69 Å². The number of rotatable bonds is 10. The Kier molecular flexibility index (Phi) is 8.56. The first-order chi connectivity index (χ1) is 16.4. The fraction of sp³-hybridized carbons (Fsp3) is 0.308. The molecule has 0 saturated carbocycles. The molecule has 0 saturated heterocycles. The molecule has 1 heterocycles. The third-order valence-corrected chi connectivity index (χ3v) is 5.41. The highest BCUT2D eigenvalue weighted by atomic mass is 16.5. The third kappa shape index (κ3) is 6.54. The van der Waals surface area contributed by atoms with Crippen LogP contribution < -0.4 is 15.6 Å². The van der Waals surface area contributed by atoms with Gasteiger partial charge in [0.15, 0.2) is 11.8 Å². The predicted octanol–water partition coefficient (Wildman–Crippen LogP) is 4.02. The molecule has 3 rings (SSSR count). The second-order valence-electron chi connectivity index (χ2n) is 7.87. The van der Waals surface area contributed by atoms with E-state index in [-0.39, 0.29) is 30.3 Å². The van der Waals surface area contributed by atoms with E-state index in [4.69, 9.17) is 9.47 Å². The lowest BCUT2D eigenvalue weighted by Crippen LogP contribution is -2.32. The Morgan fingerprint density at radius 2 is 1.71 bits per heavy atom. The molecule has 2 unspecified atom stereocenters. The van der Waals surface area contributed by atoms with Crippen LogP contribution in [0.5, 0.6) is 5.75 Å². The molecule has 0 aliphatic heterocycles. The van der Waals surface area contributed by atoms with Gasteiger partial charge >= 0.3 is 5.97 Å².